The minimum atomic E-state index is 0.0335. The molecule has 2 fully saturated rings. The number of thioether (sulfide) groups is 1. The van der Waals surface area contributed by atoms with Gasteiger partial charge in [-0.05, 0) is 64.7 Å². The first kappa shape index (κ1) is 20.4. The number of rotatable bonds is 6. The first-order valence-electron chi connectivity index (χ1n) is 10.7. The second-order valence-corrected chi connectivity index (χ2v) is 10.3. The number of fused-ring (bicyclic) bond motifs is 2. The average Bonchev–Trinajstić information content (AvgIpc) is 3.36. The highest BCUT2D eigenvalue weighted by atomic mass is 32.2. The molecule has 158 valence electrons. The largest absolute Gasteiger partial charge is 0.368 e. The Balaban J connectivity index is 1.60. The van der Waals surface area contributed by atoms with Crippen LogP contribution in [-0.2, 0) is 0 Å². The molecule has 29 heavy (non-hydrogen) atoms. The Hall–Kier alpha value is -1.83. The Morgan fingerprint density at radius 1 is 1.07 bits per heavy atom. The summed E-state index contributed by atoms with van der Waals surface area (Å²) in [4.78, 5) is 20.0. The lowest BCUT2D eigenvalue weighted by Gasteiger charge is -2.31. The summed E-state index contributed by atoms with van der Waals surface area (Å²) < 4.78 is 2.47. The third-order valence-corrected chi connectivity index (χ3v) is 7.94. The average molecular weight is 416 g/mol. The summed E-state index contributed by atoms with van der Waals surface area (Å²) in [7, 11) is 3.82. The molecule has 5 atom stereocenters. The summed E-state index contributed by atoms with van der Waals surface area (Å²) in [6.45, 7) is 8.81. The van der Waals surface area contributed by atoms with E-state index in [-0.39, 0.29) is 11.2 Å². The molecule has 2 aliphatic rings. The van der Waals surface area contributed by atoms with Gasteiger partial charge in [0.15, 0.2) is 5.16 Å². The summed E-state index contributed by atoms with van der Waals surface area (Å²) in [5, 5.41) is 1.10. The van der Waals surface area contributed by atoms with Gasteiger partial charge < -0.3 is 15.2 Å². The van der Waals surface area contributed by atoms with Gasteiger partial charge in [0.05, 0.1) is 10.9 Å². The van der Waals surface area contributed by atoms with Crippen molar-refractivity contribution in [1.82, 2.24) is 24.5 Å². The van der Waals surface area contributed by atoms with Crippen LogP contribution in [0.2, 0.25) is 0 Å². The van der Waals surface area contributed by atoms with Crippen LogP contribution >= 0.6 is 11.8 Å². The molecular weight excluding hydrogens is 382 g/mol. The van der Waals surface area contributed by atoms with E-state index in [9.17, 15) is 0 Å². The summed E-state index contributed by atoms with van der Waals surface area (Å²) in [5.74, 6) is 4.15. The van der Waals surface area contributed by atoms with E-state index in [1.54, 1.807) is 11.8 Å². The van der Waals surface area contributed by atoms with Gasteiger partial charge in [-0.1, -0.05) is 18.2 Å². The Kier molecular flexibility index (Phi) is 5.48. The molecule has 2 aliphatic carbocycles. The molecule has 0 aliphatic heterocycles. The molecule has 2 aromatic rings. The van der Waals surface area contributed by atoms with Crippen LogP contribution in [0.15, 0.2) is 5.16 Å². The summed E-state index contributed by atoms with van der Waals surface area (Å²) >= 11 is 1.72. The number of hydrogen-bond donors (Lipinski definition) is 1. The number of nitrogens with zero attached hydrogens (tertiary/aromatic N) is 6. The highest BCUT2D eigenvalue weighted by Gasteiger charge is 2.43. The minimum absolute atomic E-state index is 0.0335. The SMILES string of the molecule is Cc1nc(S[C@H](C)c2nc(N)nc(N(C)C)n2)n([C@@H](C)[C@@H]2C[C@H]3CC[C@H]2C3)c1C. The van der Waals surface area contributed by atoms with Crippen LogP contribution in [0.25, 0.3) is 0 Å². The molecule has 0 radical (unpaired) electrons. The van der Waals surface area contributed by atoms with Crippen molar-refractivity contribution >= 4 is 23.7 Å². The van der Waals surface area contributed by atoms with Crippen molar-refractivity contribution in [2.24, 2.45) is 17.8 Å². The van der Waals surface area contributed by atoms with Crippen molar-refractivity contribution in [2.75, 3.05) is 24.7 Å². The van der Waals surface area contributed by atoms with E-state index in [1.165, 1.54) is 31.4 Å². The van der Waals surface area contributed by atoms with E-state index in [2.05, 4.69) is 47.2 Å². The maximum Gasteiger partial charge on any atom is 0.229 e. The normalized spacial score (nSPS) is 25.4. The monoisotopic (exact) mass is 415 g/mol. The maximum atomic E-state index is 5.93. The Morgan fingerprint density at radius 3 is 2.45 bits per heavy atom. The van der Waals surface area contributed by atoms with Crippen LogP contribution in [0.3, 0.4) is 0 Å². The second-order valence-electron chi connectivity index (χ2n) is 9.02. The van der Waals surface area contributed by atoms with Crippen LogP contribution in [0, 0.1) is 31.6 Å². The molecule has 0 spiro atoms. The van der Waals surface area contributed by atoms with Gasteiger partial charge in [0.25, 0.3) is 0 Å². The molecular formula is C21H33N7S. The van der Waals surface area contributed by atoms with Crippen LogP contribution in [0.5, 0.6) is 0 Å². The number of nitrogen functional groups attached to an aromatic ring is 1. The zero-order valence-electron chi connectivity index (χ0n) is 18.4. The number of aryl methyl sites for hydroxylation is 1. The Labute approximate surface area is 177 Å². The Bertz CT molecular complexity index is 893. The summed E-state index contributed by atoms with van der Waals surface area (Å²) in [6, 6.07) is 0.474. The van der Waals surface area contributed by atoms with E-state index in [1.807, 2.05) is 19.0 Å². The summed E-state index contributed by atoms with van der Waals surface area (Å²) in [5.41, 5.74) is 8.32. The van der Waals surface area contributed by atoms with Gasteiger partial charge in [0.2, 0.25) is 11.9 Å². The predicted molar refractivity (Wildman–Crippen MR) is 118 cm³/mol. The molecule has 0 saturated heterocycles. The van der Waals surface area contributed by atoms with Gasteiger partial charge >= 0.3 is 0 Å². The van der Waals surface area contributed by atoms with Gasteiger partial charge in [0, 0.05) is 25.8 Å². The fourth-order valence-corrected chi connectivity index (χ4v) is 6.36. The first-order valence-corrected chi connectivity index (χ1v) is 11.5. The molecule has 0 unspecified atom stereocenters. The highest BCUT2D eigenvalue weighted by Crippen LogP contribution is 2.53. The van der Waals surface area contributed by atoms with Gasteiger partial charge in [-0.3, -0.25) is 0 Å². The van der Waals surface area contributed by atoms with Crippen molar-refractivity contribution < 1.29 is 0 Å². The molecule has 7 nitrogen and oxygen atoms in total. The molecule has 0 amide bonds. The molecule has 2 saturated carbocycles. The number of anilines is 2. The number of imidazole rings is 1. The van der Waals surface area contributed by atoms with Crippen molar-refractivity contribution in [1.29, 1.82) is 0 Å². The maximum absolute atomic E-state index is 5.93. The van der Waals surface area contributed by atoms with E-state index in [4.69, 9.17) is 10.7 Å². The smallest absolute Gasteiger partial charge is 0.229 e. The molecule has 2 heterocycles. The fraction of sp³-hybridized carbons (Fsp3) is 0.714. The van der Waals surface area contributed by atoms with Gasteiger partial charge in [-0.2, -0.15) is 15.0 Å². The van der Waals surface area contributed by atoms with Crippen LogP contribution < -0.4 is 10.6 Å². The lowest BCUT2D eigenvalue weighted by Crippen LogP contribution is -2.23. The molecule has 2 aromatic heterocycles. The topological polar surface area (TPSA) is 85.8 Å². The van der Waals surface area contributed by atoms with Crippen molar-refractivity contribution in [3.8, 4) is 0 Å². The third-order valence-electron chi connectivity index (χ3n) is 6.88. The van der Waals surface area contributed by atoms with E-state index < -0.39 is 0 Å². The quantitative estimate of drug-likeness (QED) is 0.708. The van der Waals surface area contributed by atoms with Crippen molar-refractivity contribution in [2.45, 2.75) is 69.8 Å². The van der Waals surface area contributed by atoms with Gasteiger partial charge in [-0.15, -0.1) is 0 Å². The van der Waals surface area contributed by atoms with Gasteiger partial charge in [0.1, 0.15) is 5.82 Å². The van der Waals surface area contributed by atoms with Crippen molar-refractivity contribution in [3.05, 3.63) is 17.2 Å². The van der Waals surface area contributed by atoms with E-state index >= 15 is 0 Å². The molecule has 0 aromatic carbocycles. The molecule has 2 N–H and O–H groups in total. The zero-order valence-corrected chi connectivity index (χ0v) is 19.2. The molecule has 8 heteroatoms. The van der Waals surface area contributed by atoms with Crippen LogP contribution in [-0.4, -0.2) is 38.6 Å². The predicted octanol–water partition coefficient (Wildman–Crippen LogP) is 4.18. The lowest BCUT2D eigenvalue weighted by atomic mass is 9.84. The number of hydrogen-bond acceptors (Lipinski definition) is 7. The Morgan fingerprint density at radius 2 is 1.83 bits per heavy atom. The third kappa shape index (κ3) is 3.83. The lowest BCUT2D eigenvalue weighted by molar-refractivity contribution is 0.232. The number of aromatic nitrogens is 5. The van der Waals surface area contributed by atoms with E-state index in [0.717, 1.165) is 28.6 Å². The fourth-order valence-electron chi connectivity index (χ4n) is 5.22. The first-order chi connectivity index (χ1) is 13.7. The standard InChI is InChI=1S/C21H33N7S/c1-11-12(2)28(13(3)17-10-15-7-8-16(17)9-15)21(23-11)29-14(4)18-24-19(22)26-20(25-18)27(5)6/h13-17H,7-10H2,1-6H3,(H2,22,24,25,26)/t13-,14+,15-,16-,17-/m0/s1. The number of nitrogens with two attached hydrogens (primary N) is 1. The highest BCUT2D eigenvalue weighted by molar-refractivity contribution is 7.99. The zero-order chi connectivity index (χ0) is 20.9. The summed E-state index contributed by atoms with van der Waals surface area (Å²) in [6.07, 6.45) is 5.64. The van der Waals surface area contributed by atoms with Crippen LogP contribution in [0.1, 0.15) is 68.0 Å². The molecule has 2 bridgehead atoms. The van der Waals surface area contributed by atoms with Crippen molar-refractivity contribution in [3.63, 3.8) is 0 Å². The van der Waals surface area contributed by atoms with E-state index in [0.29, 0.717) is 17.8 Å². The minimum Gasteiger partial charge on any atom is -0.368 e. The van der Waals surface area contributed by atoms with Crippen LogP contribution in [0.4, 0.5) is 11.9 Å². The second kappa shape index (κ2) is 7.78. The molecule has 4 rings (SSSR count). The van der Waals surface area contributed by atoms with Gasteiger partial charge in [-0.25, -0.2) is 4.98 Å².